The van der Waals surface area contributed by atoms with Gasteiger partial charge in [0.2, 0.25) is 5.91 Å². The third-order valence-electron chi connectivity index (χ3n) is 3.85. The third-order valence-corrected chi connectivity index (χ3v) is 4.71. The van der Waals surface area contributed by atoms with Crippen LogP contribution in [0.3, 0.4) is 0 Å². The van der Waals surface area contributed by atoms with Crippen molar-refractivity contribution in [1.29, 1.82) is 0 Å². The minimum absolute atomic E-state index is 0.00863. The highest BCUT2D eigenvalue weighted by atomic mass is 79.9. The number of nitrogens with one attached hydrogen (secondary N) is 2. The van der Waals surface area contributed by atoms with E-state index >= 15 is 0 Å². The van der Waals surface area contributed by atoms with Gasteiger partial charge in [-0.1, -0.05) is 30.9 Å². The van der Waals surface area contributed by atoms with Crippen LogP contribution >= 0.6 is 27.5 Å². The molecule has 1 fully saturated rings. The van der Waals surface area contributed by atoms with E-state index in [4.69, 9.17) is 16.3 Å². The molecule has 0 aliphatic heterocycles. The standard InChI is InChI=1S/C16H20BrClN2O3/c1-10(23-14-8-7-12(18)9-13(14)17)15(21)19-20-16(22)11-5-3-2-4-6-11/h7-11H,2-6H2,1H3,(H,19,21)(H,20,22). The Morgan fingerprint density at radius 3 is 2.61 bits per heavy atom. The molecular formula is C16H20BrClN2O3. The van der Waals surface area contributed by atoms with Crippen molar-refractivity contribution < 1.29 is 14.3 Å². The summed E-state index contributed by atoms with van der Waals surface area (Å²) in [7, 11) is 0. The molecule has 5 nitrogen and oxygen atoms in total. The molecule has 1 aliphatic rings. The summed E-state index contributed by atoms with van der Waals surface area (Å²) >= 11 is 9.19. The molecule has 23 heavy (non-hydrogen) atoms. The molecular weight excluding hydrogens is 384 g/mol. The van der Waals surface area contributed by atoms with E-state index in [-0.39, 0.29) is 11.8 Å². The number of hydrogen-bond donors (Lipinski definition) is 2. The Bertz CT molecular complexity index is 576. The van der Waals surface area contributed by atoms with Crippen LogP contribution in [-0.4, -0.2) is 17.9 Å². The SMILES string of the molecule is CC(Oc1ccc(Cl)cc1Br)C(=O)NNC(=O)C1CCCCC1. The number of benzene rings is 1. The van der Waals surface area contributed by atoms with E-state index < -0.39 is 12.0 Å². The molecule has 0 spiro atoms. The Balaban J connectivity index is 1.81. The van der Waals surface area contributed by atoms with E-state index in [1.54, 1.807) is 25.1 Å². The Labute approximate surface area is 149 Å². The second kappa shape index (κ2) is 8.55. The van der Waals surface area contributed by atoms with Crippen LogP contribution in [0.2, 0.25) is 5.02 Å². The predicted octanol–water partition coefficient (Wildman–Crippen LogP) is 3.60. The lowest BCUT2D eigenvalue weighted by Gasteiger charge is -2.21. The number of hydrogen-bond acceptors (Lipinski definition) is 3. The molecule has 2 rings (SSSR count). The Morgan fingerprint density at radius 1 is 1.26 bits per heavy atom. The molecule has 0 bridgehead atoms. The van der Waals surface area contributed by atoms with Gasteiger partial charge in [0, 0.05) is 10.9 Å². The van der Waals surface area contributed by atoms with Gasteiger partial charge in [-0.15, -0.1) is 0 Å². The summed E-state index contributed by atoms with van der Waals surface area (Å²) in [5, 5.41) is 0.570. The zero-order valence-electron chi connectivity index (χ0n) is 12.9. The van der Waals surface area contributed by atoms with Crippen LogP contribution in [0.4, 0.5) is 0 Å². The predicted molar refractivity (Wildman–Crippen MR) is 92.1 cm³/mol. The molecule has 7 heteroatoms. The van der Waals surface area contributed by atoms with Crippen LogP contribution in [0.25, 0.3) is 0 Å². The van der Waals surface area contributed by atoms with E-state index in [0.717, 1.165) is 25.7 Å². The summed E-state index contributed by atoms with van der Waals surface area (Å²) in [6.45, 7) is 1.61. The molecule has 2 N–H and O–H groups in total. The summed E-state index contributed by atoms with van der Waals surface area (Å²) in [5.41, 5.74) is 4.92. The first kappa shape index (κ1) is 18.1. The first-order valence-corrected chi connectivity index (χ1v) is 8.86. The molecule has 2 amide bonds. The highest BCUT2D eigenvalue weighted by molar-refractivity contribution is 9.10. The number of ether oxygens (including phenoxy) is 1. The van der Waals surface area contributed by atoms with Crippen molar-refractivity contribution in [2.24, 2.45) is 5.92 Å². The maximum absolute atomic E-state index is 12.0. The van der Waals surface area contributed by atoms with Crippen LogP contribution in [0.1, 0.15) is 39.0 Å². The Hall–Kier alpha value is -1.27. The summed E-state index contributed by atoms with van der Waals surface area (Å²) in [6.07, 6.45) is 4.32. The van der Waals surface area contributed by atoms with Gasteiger partial charge in [-0.05, 0) is 53.9 Å². The number of rotatable bonds is 4. The van der Waals surface area contributed by atoms with Crippen molar-refractivity contribution >= 4 is 39.3 Å². The fourth-order valence-corrected chi connectivity index (χ4v) is 3.28. The van der Waals surface area contributed by atoms with Crippen LogP contribution in [-0.2, 0) is 9.59 Å². The minimum atomic E-state index is -0.751. The maximum atomic E-state index is 12.0. The summed E-state index contributed by atoms with van der Waals surface area (Å²) in [6, 6.07) is 5.04. The third kappa shape index (κ3) is 5.39. The average Bonchev–Trinajstić information content (AvgIpc) is 2.55. The second-order valence-electron chi connectivity index (χ2n) is 5.65. The lowest BCUT2D eigenvalue weighted by molar-refractivity contribution is -0.134. The smallest absolute Gasteiger partial charge is 0.279 e. The van der Waals surface area contributed by atoms with Gasteiger partial charge >= 0.3 is 0 Å². The van der Waals surface area contributed by atoms with Gasteiger partial charge in [0.05, 0.1) is 4.47 Å². The normalized spacial score (nSPS) is 16.5. The zero-order chi connectivity index (χ0) is 16.8. The minimum Gasteiger partial charge on any atom is -0.480 e. The largest absolute Gasteiger partial charge is 0.480 e. The Morgan fingerprint density at radius 2 is 1.96 bits per heavy atom. The van der Waals surface area contributed by atoms with E-state index in [1.165, 1.54) is 6.42 Å². The summed E-state index contributed by atoms with van der Waals surface area (Å²) < 4.78 is 6.23. The monoisotopic (exact) mass is 402 g/mol. The second-order valence-corrected chi connectivity index (χ2v) is 6.94. The van der Waals surface area contributed by atoms with Gasteiger partial charge in [0.15, 0.2) is 6.10 Å². The van der Waals surface area contributed by atoms with Crippen molar-refractivity contribution in [3.8, 4) is 5.75 Å². The molecule has 1 aromatic rings. The highest BCUT2D eigenvalue weighted by Crippen LogP contribution is 2.28. The van der Waals surface area contributed by atoms with Gasteiger partial charge in [0.1, 0.15) is 5.75 Å². The number of hydrazine groups is 1. The molecule has 0 heterocycles. The molecule has 1 aliphatic carbocycles. The quantitative estimate of drug-likeness (QED) is 0.755. The molecule has 1 aromatic carbocycles. The molecule has 0 saturated heterocycles. The van der Waals surface area contributed by atoms with Crippen molar-refractivity contribution in [2.75, 3.05) is 0 Å². The topological polar surface area (TPSA) is 67.4 Å². The highest BCUT2D eigenvalue weighted by Gasteiger charge is 2.22. The number of amides is 2. The molecule has 1 unspecified atom stereocenters. The molecule has 0 radical (unpaired) electrons. The Kier molecular flexibility index (Phi) is 6.72. The van der Waals surface area contributed by atoms with Gasteiger partial charge in [0.25, 0.3) is 5.91 Å². The number of carbonyl (C=O) groups is 2. The van der Waals surface area contributed by atoms with E-state index in [1.807, 2.05) is 0 Å². The average molecular weight is 404 g/mol. The number of halogens is 2. The van der Waals surface area contributed by atoms with Crippen LogP contribution in [0, 0.1) is 5.92 Å². The van der Waals surface area contributed by atoms with Gasteiger partial charge in [-0.25, -0.2) is 0 Å². The van der Waals surface area contributed by atoms with Gasteiger partial charge < -0.3 is 4.74 Å². The van der Waals surface area contributed by atoms with Crippen molar-refractivity contribution in [3.63, 3.8) is 0 Å². The van der Waals surface area contributed by atoms with Gasteiger partial charge in [-0.2, -0.15) is 0 Å². The van der Waals surface area contributed by atoms with Crippen LogP contribution in [0.15, 0.2) is 22.7 Å². The van der Waals surface area contributed by atoms with Crippen LogP contribution < -0.4 is 15.6 Å². The number of carbonyl (C=O) groups excluding carboxylic acids is 2. The zero-order valence-corrected chi connectivity index (χ0v) is 15.2. The molecule has 1 atom stereocenters. The molecule has 126 valence electrons. The maximum Gasteiger partial charge on any atom is 0.279 e. The molecule has 1 saturated carbocycles. The van der Waals surface area contributed by atoms with Gasteiger partial charge in [-0.3, -0.25) is 20.4 Å². The summed E-state index contributed by atoms with van der Waals surface area (Å²) in [5.74, 6) is -0.0322. The van der Waals surface area contributed by atoms with E-state index in [9.17, 15) is 9.59 Å². The lowest BCUT2D eigenvalue weighted by Crippen LogP contribution is -2.49. The first-order chi connectivity index (χ1) is 11.0. The molecule has 0 aromatic heterocycles. The van der Waals surface area contributed by atoms with E-state index in [0.29, 0.717) is 15.2 Å². The van der Waals surface area contributed by atoms with Crippen molar-refractivity contribution in [2.45, 2.75) is 45.1 Å². The summed E-state index contributed by atoms with van der Waals surface area (Å²) in [4.78, 5) is 24.0. The van der Waals surface area contributed by atoms with Crippen molar-refractivity contribution in [1.82, 2.24) is 10.9 Å². The van der Waals surface area contributed by atoms with E-state index in [2.05, 4.69) is 26.8 Å². The fraction of sp³-hybridized carbons (Fsp3) is 0.500. The fourth-order valence-electron chi connectivity index (χ4n) is 2.51. The van der Waals surface area contributed by atoms with Crippen molar-refractivity contribution in [3.05, 3.63) is 27.7 Å². The first-order valence-electron chi connectivity index (χ1n) is 7.69. The lowest BCUT2D eigenvalue weighted by atomic mass is 9.89. The van der Waals surface area contributed by atoms with Crippen LogP contribution in [0.5, 0.6) is 5.75 Å².